The Morgan fingerprint density at radius 3 is 2.56 bits per heavy atom. The molecule has 18 heavy (non-hydrogen) atoms. The van der Waals surface area contributed by atoms with Crippen LogP contribution in [0, 0.1) is 0 Å². The van der Waals surface area contributed by atoms with Crippen molar-refractivity contribution in [3.05, 3.63) is 27.2 Å². The zero-order valence-electron chi connectivity index (χ0n) is 9.21. The summed E-state index contributed by atoms with van der Waals surface area (Å²) in [5.74, 6) is -0.258. The predicted molar refractivity (Wildman–Crippen MR) is 72.5 cm³/mol. The molecule has 1 amide bonds. The molecule has 3 N–H and O–H groups in total. The molecule has 4 nitrogen and oxygen atoms in total. The van der Waals surface area contributed by atoms with Gasteiger partial charge in [0.1, 0.15) is 0 Å². The molecule has 0 saturated carbocycles. The Morgan fingerprint density at radius 1 is 1.28 bits per heavy atom. The van der Waals surface area contributed by atoms with Crippen LogP contribution in [0.2, 0.25) is 15.1 Å². The van der Waals surface area contributed by atoms with Crippen LogP contribution in [0.4, 0.5) is 5.69 Å². The Balaban J connectivity index is 2.09. The summed E-state index contributed by atoms with van der Waals surface area (Å²) < 4.78 is 0. The van der Waals surface area contributed by atoms with Crippen LogP contribution in [-0.4, -0.2) is 29.7 Å². The molecular weight excluding hydrogens is 298 g/mol. The molecule has 0 radical (unpaired) electrons. The van der Waals surface area contributed by atoms with E-state index < -0.39 is 12.1 Å². The van der Waals surface area contributed by atoms with E-state index in [9.17, 15) is 9.90 Å². The molecule has 1 aliphatic rings. The van der Waals surface area contributed by atoms with Gasteiger partial charge in [-0.3, -0.25) is 4.79 Å². The molecule has 1 aromatic rings. The normalized spacial score (nSPS) is 23.1. The van der Waals surface area contributed by atoms with Crippen molar-refractivity contribution in [3.63, 3.8) is 0 Å². The van der Waals surface area contributed by atoms with Crippen molar-refractivity contribution in [2.75, 3.05) is 11.9 Å². The van der Waals surface area contributed by atoms with Crippen LogP contribution in [0.1, 0.15) is 6.42 Å². The van der Waals surface area contributed by atoms with Crippen LogP contribution in [0.15, 0.2) is 12.1 Å². The highest BCUT2D eigenvalue weighted by Gasteiger charge is 2.28. The first-order valence-electron chi connectivity index (χ1n) is 5.34. The second-order valence-corrected chi connectivity index (χ2v) is 5.31. The maximum absolute atomic E-state index is 11.9. The molecule has 0 aliphatic carbocycles. The van der Waals surface area contributed by atoms with Gasteiger partial charge in [0.05, 0.1) is 32.9 Å². The highest BCUT2D eigenvalue weighted by Crippen LogP contribution is 2.32. The van der Waals surface area contributed by atoms with E-state index in [0.717, 1.165) is 0 Å². The zero-order chi connectivity index (χ0) is 13.3. The van der Waals surface area contributed by atoms with Gasteiger partial charge >= 0.3 is 0 Å². The number of carbonyl (C=O) groups is 1. The number of rotatable bonds is 2. The number of nitrogens with one attached hydrogen (secondary N) is 2. The van der Waals surface area contributed by atoms with Gasteiger partial charge in [0.25, 0.3) is 0 Å². The Bertz CT molecular complexity index is 482. The minimum Gasteiger partial charge on any atom is -0.392 e. The molecular formula is C11H11Cl3N2O2. The molecule has 1 aromatic carbocycles. The van der Waals surface area contributed by atoms with E-state index in [2.05, 4.69) is 10.6 Å². The predicted octanol–water partition coefficient (Wildman–Crippen LogP) is 2.31. The number of aliphatic hydroxyl groups is 1. The van der Waals surface area contributed by atoms with Crippen molar-refractivity contribution >= 4 is 46.4 Å². The molecule has 98 valence electrons. The van der Waals surface area contributed by atoms with Gasteiger partial charge in [0.15, 0.2) is 0 Å². The zero-order valence-corrected chi connectivity index (χ0v) is 11.5. The third kappa shape index (κ3) is 3.08. The Labute approximate surface area is 119 Å². The van der Waals surface area contributed by atoms with Gasteiger partial charge in [-0.05, 0) is 18.6 Å². The fraction of sp³-hybridized carbons (Fsp3) is 0.364. The average Bonchev–Trinajstić information content (AvgIpc) is 2.73. The lowest BCUT2D eigenvalue weighted by atomic mass is 10.2. The van der Waals surface area contributed by atoms with E-state index in [1.165, 1.54) is 12.1 Å². The topological polar surface area (TPSA) is 61.4 Å². The van der Waals surface area contributed by atoms with Crippen LogP contribution in [0.3, 0.4) is 0 Å². The van der Waals surface area contributed by atoms with Gasteiger partial charge in [-0.25, -0.2) is 0 Å². The van der Waals surface area contributed by atoms with Gasteiger partial charge in [0.2, 0.25) is 5.91 Å². The third-order valence-corrected chi connectivity index (χ3v) is 3.73. The first-order chi connectivity index (χ1) is 8.47. The van der Waals surface area contributed by atoms with Crippen molar-refractivity contribution in [2.45, 2.75) is 18.6 Å². The van der Waals surface area contributed by atoms with Crippen molar-refractivity contribution in [1.82, 2.24) is 5.32 Å². The van der Waals surface area contributed by atoms with E-state index in [-0.39, 0.29) is 5.91 Å². The molecule has 2 unspecified atom stereocenters. The summed E-state index contributed by atoms with van der Waals surface area (Å²) in [4.78, 5) is 11.9. The number of anilines is 1. The number of carbonyl (C=O) groups excluding carboxylic acids is 1. The molecule has 1 fully saturated rings. The Hall–Kier alpha value is -0.520. The fourth-order valence-electron chi connectivity index (χ4n) is 1.75. The second-order valence-electron chi connectivity index (χ2n) is 4.09. The molecule has 2 atom stereocenters. The highest BCUT2D eigenvalue weighted by molar-refractivity contribution is 6.44. The first-order valence-corrected chi connectivity index (χ1v) is 6.47. The summed E-state index contributed by atoms with van der Waals surface area (Å²) in [6, 6.07) is 2.54. The van der Waals surface area contributed by atoms with Crippen LogP contribution in [0.5, 0.6) is 0 Å². The van der Waals surface area contributed by atoms with E-state index >= 15 is 0 Å². The summed E-state index contributed by atoms with van der Waals surface area (Å²) >= 11 is 17.6. The molecule has 0 aromatic heterocycles. The Morgan fingerprint density at radius 2 is 1.94 bits per heavy atom. The van der Waals surface area contributed by atoms with Crippen molar-refractivity contribution in [3.8, 4) is 0 Å². The number of hydrogen-bond donors (Lipinski definition) is 3. The second kappa shape index (κ2) is 5.63. The molecule has 7 heteroatoms. The molecule has 1 aliphatic heterocycles. The summed E-state index contributed by atoms with van der Waals surface area (Å²) in [5.41, 5.74) is 0.402. The fourth-order valence-corrected chi connectivity index (χ4v) is 2.35. The lowest BCUT2D eigenvalue weighted by Gasteiger charge is -2.12. The number of hydrogen-bond acceptors (Lipinski definition) is 3. The van der Waals surface area contributed by atoms with E-state index in [0.29, 0.717) is 33.7 Å². The van der Waals surface area contributed by atoms with Crippen LogP contribution in [-0.2, 0) is 4.79 Å². The summed E-state index contributed by atoms with van der Waals surface area (Å²) in [7, 11) is 0. The smallest absolute Gasteiger partial charge is 0.241 e. The third-order valence-electron chi connectivity index (χ3n) is 2.69. The van der Waals surface area contributed by atoms with Crippen LogP contribution >= 0.6 is 34.8 Å². The van der Waals surface area contributed by atoms with Gasteiger partial charge in [-0.15, -0.1) is 0 Å². The maximum atomic E-state index is 11.9. The van der Waals surface area contributed by atoms with E-state index in [1.807, 2.05) is 0 Å². The minimum atomic E-state index is -0.495. The number of halogens is 3. The van der Waals surface area contributed by atoms with Gasteiger partial charge in [0, 0.05) is 6.54 Å². The average molecular weight is 310 g/mol. The highest BCUT2D eigenvalue weighted by atomic mass is 35.5. The maximum Gasteiger partial charge on any atom is 0.241 e. The van der Waals surface area contributed by atoms with E-state index in [4.69, 9.17) is 34.8 Å². The molecule has 0 spiro atoms. The lowest BCUT2D eigenvalue weighted by Crippen LogP contribution is -2.35. The molecule has 0 bridgehead atoms. The van der Waals surface area contributed by atoms with Gasteiger partial charge < -0.3 is 15.7 Å². The minimum absolute atomic E-state index is 0.258. The van der Waals surface area contributed by atoms with Crippen molar-refractivity contribution in [1.29, 1.82) is 0 Å². The van der Waals surface area contributed by atoms with Gasteiger partial charge in [-0.1, -0.05) is 34.8 Å². The largest absolute Gasteiger partial charge is 0.392 e. The monoisotopic (exact) mass is 308 g/mol. The van der Waals surface area contributed by atoms with E-state index in [1.54, 1.807) is 0 Å². The Kier molecular flexibility index (Phi) is 4.35. The van der Waals surface area contributed by atoms with Crippen molar-refractivity contribution in [2.24, 2.45) is 0 Å². The summed E-state index contributed by atoms with van der Waals surface area (Å²) in [6.07, 6.45) is -0.116. The number of amides is 1. The SMILES string of the molecule is O=C(Nc1cc(Cl)c(Cl)cc1Cl)C1CC(O)CN1. The molecule has 1 saturated heterocycles. The molecule has 1 heterocycles. The number of β-amino-alcohol motifs (C(OH)–C–C–N with tert-alkyl or cyclic N) is 1. The lowest BCUT2D eigenvalue weighted by molar-refractivity contribution is -0.117. The molecule has 2 rings (SSSR count). The van der Waals surface area contributed by atoms with Crippen LogP contribution < -0.4 is 10.6 Å². The number of aliphatic hydroxyl groups excluding tert-OH is 1. The quantitative estimate of drug-likeness (QED) is 0.735. The van der Waals surface area contributed by atoms with Crippen molar-refractivity contribution < 1.29 is 9.90 Å². The standard InChI is InChI=1S/C11H11Cl3N2O2/c12-6-2-8(14)9(3-7(6)13)16-11(18)10-1-5(17)4-15-10/h2-3,5,10,15,17H,1,4H2,(H,16,18). The summed E-state index contributed by atoms with van der Waals surface area (Å²) in [5, 5.41) is 15.9. The number of benzene rings is 1. The van der Waals surface area contributed by atoms with Gasteiger partial charge in [-0.2, -0.15) is 0 Å². The van der Waals surface area contributed by atoms with Crippen LogP contribution in [0.25, 0.3) is 0 Å². The first kappa shape index (κ1) is 13.9. The summed E-state index contributed by atoms with van der Waals surface area (Å²) in [6.45, 7) is 0.410.